The van der Waals surface area contributed by atoms with E-state index in [1.807, 2.05) is 6.92 Å². The number of hydrogen-bond donors (Lipinski definition) is 2. The lowest BCUT2D eigenvalue weighted by molar-refractivity contribution is 0.0384. The lowest BCUT2D eigenvalue weighted by Crippen LogP contribution is -2.37. The number of nitrogens with one attached hydrogen (secondary N) is 2. The third kappa shape index (κ3) is 4.11. The Morgan fingerprint density at radius 2 is 2.09 bits per heavy atom. The smallest absolute Gasteiger partial charge is 0.182 e. The van der Waals surface area contributed by atoms with Crippen LogP contribution in [0.25, 0.3) is 21.9 Å². The van der Waals surface area contributed by atoms with Gasteiger partial charge in [0.2, 0.25) is 0 Å². The molecule has 0 aliphatic carbocycles. The van der Waals surface area contributed by atoms with Crippen molar-refractivity contribution in [2.75, 3.05) is 38.2 Å². The summed E-state index contributed by atoms with van der Waals surface area (Å²) in [5.41, 5.74) is 2.78. The zero-order valence-electron chi connectivity index (χ0n) is 17.6. The molecule has 1 aliphatic heterocycles. The van der Waals surface area contributed by atoms with Crippen LogP contribution in [-0.2, 0) is 11.2 Å². The highest BCUT2D eigenvalue weighted by Gasteiger charge is 2.19. The van der Waals surface area contributed by atoms with E-state index in [4.69, 9.17) is 21.3 Å². The van der Waals surface area contributed by atoms with E-state index in [1.165, 1.54) is 12.4 Å². The van der Waals surface area contributed by atoms with Crippen LogP contribution in [0.2, 0.25) is 5.02 Å². The number of fused-ring (bicyclic) bond motifs is 2. The Morgan fingerprint density at radius 3 is 2.94 bits per heavy atom. The zero-order valence-corrected chi connectivity index (χ0v) is 18.4. The zero-order chi connectivity index (χ0) is 22.1. The first-order valence-corrected chi connectivity index (χ1v) is 11.0. The highest BCUT2D eigenvalue weighted by atomic mass is 35.5. The standard InChI is InChI=1S/C22H23ClFN7O/c1-13(29-22-20-21(26-11-25-20)27-12-28-22)18-10-14-16(24)3-2-15(23)19(14)17(30-18)4-5-31-6-8-32-9-7-31/h2-3,10-13H,4-9H2,1H3,(H2,25,26,27,28,29). The van der Waals surface area contributed by atoms with Crippen molar-refractivity contribution in [1.29, 1.82) is 0 Å². The molecular weight excluding hydrogens is 433 g/mol. The number of imidazole rings is 1. The van der Waals surface area contributed by atoms with Gasteiger partial charge in [-0.25, -0.2) is 19.3 Å². The van der Waals surface area contributed by atoms with E-state index in [-0.39, 0.29) is 11.9 Å². The summed E-state index contributed by atoms with van der Waals surface area (Å²) in [4.78, 5) is 22.9. The maximum atomic E-state index is 14.8. The number of benzene rings is 1. The molecule has 4 heterocycles. The molecular formula is C22H23ClFN7O. The first kappa shape index (κ1) is 21.0. The number of aromatic nitrogens is 5. The van der Waals surface area contributed by atoms with Gasteiger partial charge in [-0.1, -0.05) is 11.6 Å². The molecule has 0 radical (unpaired) electrons. The molecule has 3 aromatic heterocycles. The van der Waals surface area contributed by atoms with Crippen molar-refractivity contribution in [2.45, 2.75) is 19.4 Å². The lowest BCUT2D eigenvalue weighted by Gasteiger charge is -2.26. The normalized spacial score (nSPS) is 16.0. The van der Waals surface area contributed by atoms with Gasteiger partial charge in [0, 0.05) is 36.8 Å². The van der Waals surface area contributed by atoms with E-state index in [0.717, 1.165) is 38.5 Å². The van der Waals surface area contributed by atoms with Gasteiger partial charge in [0.25, 0.3) is 0 Å². The number of halogens is 2. The molecule has 1 fully saturated rings. The monoisotopic (exact) mass is 455 g/mol. The number of morpholine rings is 1. The van der Waals surface area contributed by atoms with Crippen molar-refractivity contribution in [2.24, 2.45) is 0 Å². The van der Waals surface area contributed by atoms with Gasteiger partial charge in [-0.05, 0) is 25.1 Å². The second kappa shape index (κ2) is 8.93. The Labute approximate surface area is 189 Å². The molecule has 0 bridgehead atoms. The number of pyridine rings is 1. The van der Waals surface area contributed by atoms with Gasteiger partial charge in [-0.2, -0.15) is 0 Å². The van der Waals surface area contributed by atoms with Crippen LogP contribution in [0.5, 0.6) is 0 Å². The van der Waals surface area contributed by atoms with Crippen molar-refractivity contribution in [3.63, 3.8) is 0 Å². The van der Waals surface area contributed by atoms with E-state index in [1.54, 1.807) is 18.5 Å². The molecule has 32 heavy (non-hydrogen) atoms. The molecule has 8 nitrogen and oxygen atoms in total. The highest BCUT2D eigenvalue weighted by Crippen LogP contribution is 2.32. The summed E-state index contributed by atoms with van der Waals surface area (Å²) in [6.07, 6.45) is 3.70. The fourth-order valence-corrected chi connectivity index (χ4v) is 4.31. The van der Waals surface area contributed by atoms with Gasteiger partial charge in [0.15, 0.2) is 11.5 Å². The summed E-state index contributed by atoms with van der Waals surface area (Å²) in [5, 5.41) is 5.01. The fourth-order valence-electron chi connectivity index (χ4n) is 4.04. The highest BCUT2D eigenvalue weighted by molar-refractivity contribution is 6.35. The summed E-state index contributed by atoms with van der Waals surface area (Å²) >= 11 is 6.49. The molecule has 0 amide bonds. The Bertz CT molecular complexity index is 1260. The minimum Gasteiger partial charge on any atom is -0.379 e. The largest absolute Gasteiger partial charge is 0.379 e. The van der Waals surface area contributed by atoms with E-state index < -0.39 is 0 Å². The van der Waals surface area contributed by atoms with Gasteiger partial charge < -0.3 is 15.0 Å². The molecule has 5 rings (SSSR count). The van der Waals surface area contributed by atoms with Crippen LogP contribution < -0.4 is 5.32 Å². The van der Waals surface area contributed by atoms with E-state index >= 15 is 0 Å². The van der Waals surface area contributed by atoms with Crippen molar-refractivity contribution < 1.29 is 9.13 Å². The Morgan fingerprint density at radius 1 is 1.25 bits per heavy atom. The lowest BCUT2D eigenvalue weighted by atomic mass is 10.0. The van der Waals surface area contributed by atoms with Crippen LogP contribution in [0.3, 0.4) is 0 Å². The Kier molecular flexibility index (Phi) is 5.86. The third-order valence-corrected chi connectivity index (χ3v) is 6.09. The summed E-state index contributed by atoms with van der Waals surface area (Å²) in [7, 11) is 0. The number of H-pyrrole nitrogens is 1. The van der Waals surface area contributed by atoms with Crippen molar-refractivity contribution in [1.82, 2.24) is 29.8 Å². The number of ether oxygens (including phenoxy) is 1. The Balaban J connectivity index is 1.49. The number of hydrogen-bond acceptors (Lipinski definition) is 7. The fraction of sp³-hybridized carbons (Fsp3) is 0.364. The SMILES string of the molecule is CC(Nc1ncnc2nc[nH]c12)c1cc2c(F)ccc(Cl)c2c(CCN2CCOCC2)n1. The molecule has 1 aromatic carbocycles. The first-order valence-electron chi connectivity index (χ1n) is 10.6. The van der Waals surface area contributed by atoms with Gasteiger partial charge in [-0.15, -0.1) is 0 Å². The molecule has 0 spiro atoms. The van der Waals surface area contributed by atoms with Crippen LogP contribution in [0.15, 0.2) is 30.9 Å². The first-order chi connectivity index (χ1) is 15.6. The Hall–Kier alpha value is -2.88. The van der Waals surface area contributed by atoms with E-state index in [9.17, 15) is 4.39 Å². The van der Waals surface area contributed by atoms with Crippen molar-refractivity contribution in [3.05, 3.63) is 53.1 Å². The van der Waals surface area contributed by atoms with Crippen LogP contribution in [0.1, 0.15) is 24.4 Å². The number of aromatic amines is 1. The number of anilines is 1. The van der Waals surface area contributed by atoms with E-state index in [0.29, 0.717) is 44.9 Å². The van der Waals surface area contributed by atoms with Crippen molar-refractivity contribution in [3.8, 4) is 0 Å². The molecule has 1 saturated heterocycles. The molecule has 1 atom stereocenters. The second-order valence-corrected chi connectivity index (χ2v) is 8.25. The molecule has 166 valence electrons. The molecule has 1 unspecified atom stereocenters. The average molecular weight is 456 g/mol. The van der Waals surface area contributed by atoms with Gasteiger partial charge in [-0.3, -0.25) is 9.88 Å². The summed E-state index contributed by atoms with van der Waals surface area (Å²) < 4.78 is 20.2. The molecule has 0 saturated carbocycles. The quantitative estimate of drug-likeness (QED) is 0.457. The summed E-state index contributed by atoms with van der Waals surface area (Å²) in [6, 6.07) is 4.52. The number of rotatable bonds is 6. The minimum atomic E-state index is -0.314. The average Bonchev–Trinajstić information content (AvgIpc) is 3.30. The van der Waals surface area contributed by atoms with Crippen LogP contribution in [0, 0.1) is 5.82 Å². The minimum absolute atomic E-state index is 0.235. The second-order valence-electron chi connectivity index (χ2n) is 7.84. The van der Waals surface area contributed by atoms with Crippen LogP contribution in [-0.4, -0.2) is 62.7 Å². The predicted molar refractivity (Wildman–Crippen MR) is 121 cm³/mol. The topological polar surface area (TPSA) is 91.9 Å². The van der Waals surface area contributed by atoms with Crippen LogP contribution in [0.4, 0.5) is 10.2 Å². The van der Waals surface area contributed by atoms with E-state index in [2.05, 4.69) is 30.2 Å². The van der Waals surface area contributed by atoms with Gasteiger partial charge in [0.05, 0.1) is 42.0 Å². The molecule has 4 aromatic rings. The van der Waals surface area contributed by atoms with Crippen molar-refractivity contribution >= 4 is 39.4 Å². The predicted octanol–water partition coefficient (Wildman–Crippen LogP) is 3.74. The molecule has 2 N–H and O–H groups in total. The maximum Gasteiger partial charge on any atom is 0.182 e. The van der Waals surface area contributed by atoms with Gasteiger partial charge >= 0.3 is 0 Å². The maximum absolute atomic E-state index is 14.8. The summed E-state index contributed by atoms with van der Waals surface area (Å²) in [6.45, 7) is 5.99. The molecule has 10 heteroatoms. The third-order valence-electron chi connectivity index (χ3n) is 5.77. The van der Waals surface area contributed by atoms with Crippen LogP contribution >= 0.6 is 11.6 Å². The summed E-state index contributed by atoms with van der Waals surface area (Å²) in [5.74, 6) is 0.300. The number of nitrogens with zero attached hydrogens (tertiary/aromatic N) is 5. The molecule has 1 aliphatic rings. The van der Waals surface area contributed by atoms with Gasteiger partial charge in [0.1, 0.15) is 17.7 Å².